The molecule has 3 unspecified atom stereocenters. The Hall–Kier alpha value is -2.49. The Labute approximate surface area is 239 Å². The van der Waals surface area contributed by atoms with Gasteiger partial charge < -0.3 is 24.5 Å². The first kappa shape index (κ1) is 29.5. The number of nitrogens with zero attached hydrogens (tertiary/aromatic N) is 3. The van der Waals surface area contributed by atoms with Gasteiger partial charge in [-0.25, -0.2) is 0 Å². The number of likely N-dealkylation sites (N-methyl/N-ethyl adjacent to an activating group) is 1. The van der Waals surface area contributed by atoms with E-state index in [4.69, 9.17) is 4.74 Å². The number of ether oxygens (including phenoxy) is 1. The Balaban J connectivity index is 1.88. The highest BCUT2D eigenvalue weighted by molar-refractivity contribution is 9.09. The molecular weight excluding hydrogens is 562 g/mol. The van der Waals surface area contributed by atoms with Crippen molar-refractivity contribution in [1.29, 1.82) is 0 Å². The number of fused-ring (bicyclic) bond motifs is 1. The highest BCUT2D eigenvalue weighted by Gasteiger charge is 2.77. The van der Waals surface area contributed by atoms with E-state index in [0.29, 0.717) is 13.0 Å². The van der Waals surface area contributed by atoms with Crippen LogP contribution >= 0.6 is 15.9 Å². The van der Waals surface area contributed by atoms with E-state index in [-0.39, 0.29) is 41.6 Å². The van der Waals surface area contributed by atoms with E-state index in [0.717, 1.165) is 16.8 Å². The monoisotopic (exact) mass is 601 g/mol. The van der Waals surface area contributed by atoms with Crippen LogP contribution in [0.2, 0.25) is 0 Å². The fourth-order valence-electron chi connectivity index (χ4n) is 6.74. The summed E-state index contributed by atoms with van der Waals surface area (Å²) in [5, 5.41) is 10.5. The third-order valence-corrected chi connectivity index (χ3v) is 9.42. The lowest BCUT2D eigenvalue weighted by molar-refractivity contribution is -0.147. The largest absolute Gasteiger partial charge is 0.394 e. The van der Waals surface area contributed by atoms with Crippen LogP contribution in [0.15, 0.2) is 43.5 Å². The van der Waals surface area contributed by atoms with Crippen molar-refractivity contribution in [3.05, 3.63) is 54.6 Å². The number of aliphatic hydroxyl groups excluding tert-OH is 1. The van der Waals surface area contributed by atoms with Crippen LogP contribution in [0.25, 0.3) is 0 Å². The lowest BCUT2D eigenvalue weighted by Gasteiger charge is -2.40. The minimum Gasteiger partial charge on any atom is -0.394 e. The molecule has 3 amide bonds. The summed E-state index contributed by atoms with van der Waals surface area (Å²) in [6.45, 7) is 15.6. The first-order chi connectivity index (χ1) is 18.4. The Bertz CT molecular complexity index is 1170. The number of hydrogen-bond acceptors (Lipinski definition) is 5. The van der Waals surface area contributed by atoms with Gasteiger partial charge in [-0.1, -0.05) is 54.1 Å². The number of carbonyl (C=O) groups excluding carboxylic acids is 3. The average molecular weight is 603 g/mol. The summed E-state index contributed by atoms with van der Waals surface area (Å²) in [6.07, 6.45) is 3.16. The molecule has 0 saturated carbocycles. The van der Waals surface area contributed by atoms with E-state index in [2.05, 4.69) is 29.1 Å². The Morgan fingerprint density at radius 3 is 2.49 bits per heavy atom. The second-order valence-corrected chi connectivity index (χ2v) is 12.6. The number of rotatable bonds is 10. The van der Waals surface area contributed by atoms with Gasteiger partial charge >= 0.3 is 0 Å². The lowest BCUT2D eigenvalue weighted by atomic mass is 9.70. The summed E-state index contributed by atoms with van der Waals surface area (Å²) in [5.41, 5.74) is 1.44. The molecule has 3 fully saturated rings. The maximum absolute atomic E-state index is 14.7. The van der Waals surface area contributed by atoms with E-state index in [9.17, 15) is 19.5 Å². The Morgan fingerprint density at radius 2 is 1.90 bits per heavy atom. The van der Waals surface area contributed by atoms with Crippen molar-refractivity contribution in [2.45, 2.75) is 62.7 Å². The molecule has 0 radical (unpaired) electrons. The molecule has 7 atom stereocenters. The highest BCUT2D eigenvalue weighted by atomic mass is 79.9. The van der Waals surface area contributed by atoms with Gasteiger partial charge in [0.1, 0.15) is 11.6 Å². The zero-order chi connectivity index (χ0) is 28.8. The minimum absolute atomic E-state index is 0.132. The van der Waals surface area contributed by atoms with Gasteiger partial charge in [-0.2, -0.15) is 0 Å². The summed E-state index contributed by atoms with van der Waals surface area (Å²) in [6, 6.07) is 4.28. The molecule has 3 aliphatic rings. The fourth-order valence-corrected chi connectivity index (χ4v) is 7.68. The van der Waals surface area contributed by atoms with Gasteiger partial charge in [0.2, 0.25) is 11.8 Å². The molecule has 9 heteroatoms. The first-order valence-electron chi connectivity index (χ1n) is 13.5. The number of aryl methyl sites for hydroxylation is 2. The zero-order valence-corrected chi connectivity index (χ0v) is 25.1. The predicted octanol–water partition coefficient (Wildman–Crippen LogP) is 3.23. The second kappa shape index (κ2) is 11.2. The first-order valence-corrected chi connectivity index (χ1v) is 14.5. The molecule has 3 heterocycles. The maximum atomic E-state index is 14.7. The number of alkyl halides is 1. The van der Waals surface area contributed by atoms with E-state index in [1.807, 2.05) is 45.9 Å². The molecule has 1 spiro atoms. The second-order valence-electron chi connectivity index (χ2n) is 11.4. The van der Waals surface area contributed by atoms with Crippen molar-refractivity contribution in [2.75, 3.05) is 31.6 Å². The minimum atomic E-state index is -1.21. The van der Waals surface area contributed by atoms with Crippen molar-refractivity contribution >= 4 is 39.3 Å². The fraction of sp³-hybridized carbons (Fsp3) is 0.567. The number of halogens is 1. The van der Waals surface area contributed by atoms with Gasteiger partial charge in [0.15, 0.2) is 0 Å². The number of aliphatic hydroxyl groups is 1. The van der Waals surface area contributed by atoms with Gasteiger partial charge in [0.25, 0.3) is 5.91 Å². The lowest BCUT2D eigenvalue weighted by Crippen LogP contribution is -2.60. The topological polar surface area (TPSA) is 90.4 Å². The van der Waals surface area contributed by atoms with Crippen LogP contribution < -0.4 is 4.90 Å². The van der Waals surface area contributed by atoms with Gasteiger partial charge in [0, 0.05) is 30.7 Å². The number of hydrogen-bond donors (Lipinski definition) is 1. The van der Waals surface area contributed by atoms with Crippen molar-refractivity contribution in [2.24, 2.45) is 17.8 Å². The van der Waals surface area contributed by atoms with Crippen LogP contribution in [0.4, 0.5) is 5.69 Å². The summed E-state index contributed by atoms with van der Waals surface area (Å²) >= 11 is 3.72. The van der Waals surface area contributed by atoms with E-state index < -0.39 is 35.6 Å². The molecule has 39 heavy (non-hydrogen) atoms. The van der Waals surface area contributed by atoms with Crippen molar-refractivity contribution in [3.8, 4) is 0 Å². The molecule has 1 aromatic carbocycles. The van der Waals surface area contributed by atoms with Gasteiger partial charge in [-0.05, 0) is 43.4 Å². The molecule has 212 valence electrons. The van der Waals surface area contributed by atoms with E-state index >= 15 is 0 Å². The molecule has 2 bridgehead atoms. The van der Waals surface area contributed by atoms with Crippen LogP contribution in [0, 0.1) is 31.6 Å². The van der Waals surface area contributed by atoms with Crippen LogP contribution in [0.1, 0.15) is 31.4 Å². The smallest absolute Gasteiger partial charge is 0.253 e. The average Bonchev–Trinajstić information content (AvgIpc) is 3.47. The molecule has 8 nitrogen and oxygen atoms in total. The van der Waals surface area contributed by atoms with Gasteiger partial charge in [-0.15, -0.1) is 13.2 Å². The van der Waals surface area contributed by atoms with Crippen molar-refractivity contribution < 1.29 is 24.2 Å². The number of carbonyl (C=O) groups is 3. The Kier molecular flexibility index (Phi) is 8.45. The van der Waals surface area contributed by atoms with Crippen molar-refractivity contribution in [3.63, 3.8) is 0 Å². The molecule has 0 aromatic heterocycles. The van der Waals surface area contributed by atoms with Crippen molar-refractivity contribution in [1.82, 2.24) is 9.80 Å². The maximum Gasteiger partial charge on any atom is 0.253 e. The van der Waals surface area contributed by atoms with Gasteiger partial charge in [-0.3, -0.25) is 14.4 Å². The molecule has 3 saturated heterocycles. The molecule has 1 aromatic rings. The molecule has 4 rings (SSSR count). The Morgan fingerprint density at radius 1 is 1.23 bits per heavy atom. The van der Waals surface area contributed by atoms with Crippen LogP contribution in [0.5, 0.6) is 0 Å². The third kappa shape index (κ3) is 4.66. The summed E-state index contributed by atoms with van der Waals surface area (Å²) in [5.74, 6) is -2.53. The third-order valence-electron chi connectivity index (χ3n) is 8.57. The SMILES string of the molecule is C=CCN(C)C(=O)[C@H]1[C@H]2C(=O)N([C@@H](CO)C(C)C)C(C(=O)N(CC=C)c3cc(C)ccc3C)C23CC(Br)[C@@H]1O3. The number of likely N-dealkylation sites (tertiary alicyclic amines) is 1. The molecule has 3 aliphatic heterocycles. The number of amides is 3. The quantitative estimate of drug-likeness (QED) is 0.328. The zero-order valence-electron chi connectivity index (χ0n) is 23.5. The standard InChI is InChI=1S/C30H40BrN3O5/c1-8-12-32(7)27(36)23-24-28(37)34(22(16-35)17(3)4)26(30(24)15-20(31)25(23)39-30)29(38)33(13-9-2)21-14-18(5)10-11-19(21)6/h8-11,14,17,20,22-26,35H,1-2,12-13,15-16H2,3-7H3/t20?,22-,23-,24-,25-,26?,30?/m0/s1. The van der Waals surface area contributed by atoms with Gasteiger partial charge in [0.05, 0.1) is 30.6 Å². The summed E-state index contributed by atoms with van der Waals surface area (Å²) in [7, 11) is 1.68. The molecule has 1 N–H and O–H groups in total. The number of benzene rings is 1. The highest BCUT2D eigenvalue weighted by Crippen LogP contribution is 2.61. The molecular formula is C30H40BrN3O5. The van der Waals surface area contributed by atoms with Crippen LogP contribution in [-0.4, -0.2) is 88.0 Å². The van der Waals surface area contributed by atoms with E-state index in [1.54, 1.807) is 29.0 Å². The number of anilines is 1. The van der Waals surface area contributed by atoms with E-state index in [1.165, 1.54) is 4.90 Å². The van der Waals surface area contributed by atoms with Crippen LogP contribution in [0.3, 0.4) is 0 Å². The summed E-state index contributed by atoms with van der Waals surface area (Å²) in [4.78, 5) is 47.3. The normalized spacial score (nSPS) is 29.9. The summed E-state index contributed by atoms with van der Waals surface area (Å²) < 4.78 is 6.65. The molecule has 0 aliphatic carbocycles. The predicted molar refractivity (Wildman–Crippen MR) is 155 cm³/mol. The van der Waals surface area contributed by atoms with Crippen LogP contribution in [-0.2, 0) is 19.1 Å².